The van der Waals surface area contributed by atoms with Crippen LogP contribution in [0.4, 0.5) is 0 Å². The van der Waals surface area contributed by atoms with Crippen LogP contribution in [0.15, 0.2) is 0 Å². The van der Waals surface area contributed by atoms with E-state index in [1.807, 2.05) is 0 Å². The van der Waals surface area contributed by atoms with Crippen molar-refractivity contribution < 1.29 is 0 Å². The van der Waals surface area contributed by atoms with Crippen LogP contribution < -0.4 is 5.32 Å². The highest BCUT2D eigenvalue weighted by atomic mass is 15.4. The molecule has 2 heterocycles. The van der Waals surface area contributed by atoms with E-state index in [0.29, 0.717) is 12.1 Å². The molecule has 0 aromatic heterocycles. The maximum Gasteiger partial charge on any atom is 0.0505 e. The van der Waals surface area contributed by atoms with E-state index in [9.17, 15) is 0 Å². The lowest BCUT2D eigenvalue weighted by atomic mass is 10.0. The molecule has 0 unspecified atom stereocenters. The number of likely N-dealkylation sites (N-methyl/N-ethyl adjacent to an activating group) is 3. The molecule has 2 atom stereocenters. The zero-order chi connectivity index (χ0) is 9.42. The summed E-state index contributed by atoms with van der Waals surface area (Å²) in [6, 6.07) is 1.34. The predicted molar refractivity (Wildman–Crippen MR) is 53.5 cm³/mol. The highest BCUT2D eigenvalue weighted by molar-refractivity contribution is 4.93. The first-order valence-electron chi connectivity index (χ1n) is 4.97. The van der Waals surface area contributed by atoms with Gasteiger partial charge in [0.25, 0.3) is 0 Å². The third-order valence-corrected chi connectivity index (χ3v) is 3.13. The Morgan fingerprint density at radius 1 is 1.08 bits per heavy atom. The molecule has 0 spiro atoms. The smallest absolute Gasteiger partial charge is 0.0505 e. The van der Waals surface area contributed by atoms with Crippen molar-refractivity contribution in [3.05, 3.63) is 0 Å². The van der Waals surface area contributed by atoms with Crippen LogP contribution in [-0.4, -0.2) is 74.4 Å². The van der Waals surface area contributed by atoms with Crippen LogP contribution in [0.5, 0.6) is 0 Å². The van der Waals surface area contributed by atoms with Crippen molar-refractivity contribution in [1.82, 2.24) is 20.0 Å². The summed E-state index contributed by atoms with van der Waals surface area (Å²) in [5.41, 5.74) is 0. The average Bonchev–Trinajstić information content (AvgIpc) is 2.06. The van der Waals surface area contributed by atoms with Gasteiger partial charge in [0.1, 0.15) is 0 Å². The van der Waals surface area contributed by atoms with Crippen LogP contribution >= 0.6 is 0 Å². The molecule has 2 aliphatic rings. The van der Waals surface area contributed by atoms with Crippen LogP contribution in [0.1, 0.15) is 0 Å². The van der Waals surface area contributed by atoms with Gasteiger partial charge < -0.3 is 0 Å². The maximum absolute atomic E-state index is 3.57. The molecule has 2 rings (SSSR count). The molecule has 76 valence electrons. The van der Waals surface area contributed by atoms with Gasteiger partial charge in [-0.3, -0.25) is 20.0 Å². The van der Waals surface area contributed by atoms with Gasteiger partial charge in [-0.15, -0.1) is 0 Å². The van der Waals surface area contributed by atoms with Gasteiger partial charge in [0.05, 0.1) is 6.67 Å². The summed E-state index contributed by atoms with van der Waals surface area (Å²) in [4.78, 5) is 7.17. The third-order valence-electron chi connectivity index (χ3n) is 3.13. The summed E-state index contributed by atoms with van der Waals surface area (Å²) in [6.45, 7) is 4.50. The van der Waals surface area contributed by atoms with Crippen molar-refractivity contribution in [1.29, 1.82) is 0 Å². The first kappa shape index (κ1) is 9.40. The van der Waals surface area contributed by atoms with Gasteiger partial charge in [0.2, 0.25) is 0 Å². The van der Waals surface area contributed by atoms with Crippen molar-refractivity contribution in [2.75, 3.05) is 47.6 Å². The Kier molecular flexibility index (Phi) is 2.55. The first-order valence-corrected chi connectivity index (χ1v) is 4.97. The van der Waals surface area contributed by atoms with Gasteiger partial charge in [-0.1, -0.05) is 0 Å². The van der Waals surface area contributed by atoms with Crippen LogP contribution in [0.3, 0.4) is 0 Å². The third kappa shape index (κ3) is 1.86. The molecule has 2 aliphatic heterocycles. The molecule has 4 heteroatoms. The first-order chi connectivity index (χ1) is 6.16. The minimum atomic E-state index is 0.653. The van der Waals surface area contributed by atoms with E-state index in [-0.39, 0.29) is 0 Å². The lowest BCUT2D eigenvalue weighted by Crippen LogP contribution is -2.68. The summed E-state index contributed by atoms with van der Waals surface area (Å²) in [5.74, 6) is 0. The normalized spacial score (nSPS) is 39.0. The van der Waals surface area contributed by atoms with Crippen molar-refractivity contribution in [3.63, 3.8) is 0 Å². The number of rotatable bonds is 0. The van der Waals surface area contributed by atoms with E-state index in [1.165, 1.54) is 13.1 Å². The van der Waals surface area contributed by atoms with Crippen molar-refractivity contribution >= 4 is 0 Å². The quantitative estimate of drug-likeness (QED) is 0.524. The zero-order valence-corrected chi connectivity index (χ0v) is 8.82. The van der Waals surface area contributed by atoms with Crippen LogP contribution in [0.25, 0.3) is 0 Å². The molecular weight excluding hydrogens is 164 g/mol. The highest BCUT2D eigenvalue weighted by Gasteiger charge is 2.34. The number of hydrogen-bond donors (Lipinski definition) is 1. The summed E-state index contributed by atoms with van der Waals surface area (Å²) in [7, 11) is 6.58. The Bertz CT molecular complexity index is 184. The van der Waals surface area contributed by atoms with E-state index in [0.717, 1.165) is 13.3 Å². The van der Waals surface area contributed by atoms with Crippen LogP contribution in [-0.2, 0) is 0 Å². The Balaban J connectivity index is 2.02. The summed E-state index contributed by atoms with van der Waals surface area (Å²) < 4.78 is 0. The Hall–Kier alpha value is -0.160. The molecule has 0 amide bonds. The minimum Gasteiger partial charge on any atom is -0.299 e. The van der Waals surface area contributed by atoms with Crippen molar-refractivity contribution in [2.24, 2.45) is 0 Å². The van der Waals surface area contributed by atoms with E-state index in [2.05, 4.69) is 41.2 Å². The summed E-state index contributed by atoms with van der Waals surface area (Å²) in [5, 5.41) is 3.57. The van der Waals surface area contributed by atoms with E-state index < -0.39 is 0 Å². The fourth-order valence-corrected chi connectivity index (χ4v) is 2.43. The SMILES string of the molecule is CN1CN[C@H]2CN(C)CN(C)[C@H]2C1. The molecular formula is C9H20N4. The Morgan fingerprint density at radius 3 is 2.62 bits per heavy atom. The van der Waals surface area contributed by atoms with E-state index >= 15 is 0 Å². The fourth-order valence-electron chi connectivity index (χ4n) is 2.43. The van der Waals surface area contributed by atoms with Crippen molar-refractivity contribution in [3.8, 4) is 0 Å². The van der Waals surface area contributed by atoms with Crippen molar-refractivity contribution in [2.45, 2.75) is 12.1 Å². The molecule has 2 fully saturated rings. The second-order valence-corrected chi connectivity index (χ2v) is 4.51. The lowest BCUT2D eigenvalue weighted by molar-refractivity contribution is 0.00387. The van der Waals surface area contributed by atoms with Gasteiger partial charge in [-0.05, 0) is 21.1 Å². The highest BCUT2D eigenvalue weighted by Crippen LogP contribution is 2.15. The maximum atomic E-state index is 3.57. The Morgan fingerprint density at radius 2 is 1.85 bits per heavy atom. The standard InChI is InChI=1S/C9H20N4/c1-11-5-9-8(10-6-11)4-12(2)7-13(9)3/h8-10H,4-7H2,1-3H3/t8-,9-/m0/s1. The van der Waals surface area contributed by atoms with E-state index in [1.54, 1.807) is 0 Å². The summed E-state index contributed by atoms with van der Waals surface area (Å²) in [6.07, 6.45) is 0. The second kappa shape index (κ2) is 3.53. The molecule has 0 saturated carbocycles. The molecule has 0 bridgehead atoms. The molecule has 2 saturated heterocycles. The van der Waals surface area contributed by atoms with Crippen LogP contribution in [0, 0.1) is 0 Å². The zero-order valence-electron chi connectivity index (χ0n) is 8.82. The fraction of sp³-hybridized carbons (Fsp3) is 1.00. The van der Waals surface area contributed by atoms with Crippen LogP contribution in [0.2, 0.25) is 0 Å². The number of nitrogens with zero attached hydrogens (tertiary/aromatic N) is 3. The number of hydrogen-bond acceptors (Lipinski definition) is 4. The molecule has 0 aromatic rings. The average molecular weight is 184 g/mol. The van der Waals surface area contributed by atoms with Gasteiger partial charge in [-0.2, -0.15) is 0 Å². The molecule has 0 aromatic carbocycles. The van der Waals surface area contributed by atoms with Gasteiger partial charge in [0.15, 0.2) is 0 Å². The lowest BCUT2D eigenvalue weighted by Gasteiger charge is -2.48. The minimum absolute atomic E-state index is 0.653. The number of fused-ring (bicyclic) bond motifs is 1. The molecule has 0 aliphatic carbocycles. The van der Waals surface area contributed by atoms with Gasteiger partial charge >= 0.3 is 0 Å². The molecule has 4 nitrogen and oxygen atoms in total. The topological polar surface area (TPSA) is 21.8 Å². The predicted octanol–water partition coefficient (Wildman–Crippen LogP) is -0.949. The number of nitrogens with one attached hydrogen (secondary N) is 1. The van der Waals surface area contributed by atoms with Gasteiger partial charge in [0, 0.05) is 31.8 Å². The van der Waals surface area contributed by atoms with Gasteiger partial charge in [-0.25, -0.2) is 0 Å². The largest absolute Gasteiger partial charge is 0.299 e. The molecule has 0 radical (unpaired) electrons. The van der Waals surface area contributed by atoms with E-state index in [4.69, 9.17) is 0 Å². The molecule has 13 heavy (non-hydrogen) atoms. The monoisotopic (exact) mass is 184 g/mol. The molecule has 1 N–H and O–H groups in total. The Labute approximate surface area is 80.5 Å². The summed E-state index contributed by atoms with van der Waals surface area (Å²) >= 11 is 0. The second-order valence-electron chi connectivity index (χ2n) is 4.51.